The van der Waals surface area contributed by atoms with Crippen molar-refractivity contribution < 1.29 is 9.59 Å². The van der Waals surface area contributed by atoms with Gasteiger partial charge in [-0.25, -0.2) is 0 Å². The van der Waals surface area contributed by atoms with E-state index >= 15 is 0 Å². The molecule has 4 atom stereocenters. The van der Waals surface area contributed by atoms with Crippen LogP contribution in [0.4, 0.5) is 0 Å². The topological polar surface area (TPSA) is 37.4 Å². The second-order valence-electron chi connectivity index (χ2n) is 4.81. The lowest BCUT2D eigenvalue weighted by Gasteiger charge is -2.19. The summed E-state index contributed by atoms with van der Waals surface area (Å²) >= 11 is 0. The van der Waals surface area contributed by atoms with E-state index in [0.717, 1.165) is 6.42 Å². The molecule has 3 rings (SSSR count). The fraction of sp³-hybridized carbons (Fsp3) is 0.818. The van der Waals surface area contributed by atoms with Crippen molar-refractivity contribution in [1.29, 1.82) is 0 Å². The first-order valence-corrected chi connectivity index (χ1v) is 5.59. The lowest BCUT2D eigenvalue weighted by Crippen LogP contribution is -2.32. The van der Waals surface area contributed by atoms with Crippen LogP contribution in [0.3, 0.4) is 0 Å². The van der Waals surface area contributed by atoms with Gasteiger partial charge in [0.05, 0.1) is 11.8 Å². The zero-order valence-corrected chi connectivity index (χ0v) is 8.40. The highest BCUT2D eigenvalue weighted by molar-refractivity contribution is 6.06. The lowest BCUT2D eigenvalue weighted by molar-refractivity contribution is -0.140. The number of carbonyl (C=O) groups excluding carboxylic acids is 2. The van der Waals surface area contributed by atoms with Gasteiger partial charge in [-0.3, -0.25) is 14.5 Å². The molecule has 1 saturated heterocycles. The molecule has 3 nitrogen and oxygen atoms in total. The Hall–Kier alpha value is -0.860. The van der Waals surface area contributed by atoms with Gasteiger partial charge in [-0.15, -0.1) is 0 Å². The van der Waals surface area contributed by atoms with Crippen molar-refractivity contribution >= 4 is 11.8 Å². The highest BCUT2D eigenvalue weighted by atomic mass is 16.2. The standard InChI is InChI=1S/C11H15NO2/c1-2-12-10(13)8-6-3-4-7(5-6)9(8)11(12)14/h6-9H,2-5H2,1H3. The summed E-state index contributed by atoms with van der Waals surface area (Å²) in [6.07, 6.45) is 3.47. The minimum absolute atomic E-state index is 0.0706. The Balaban J connectivity index is 1.98. The Labute approximate surface area is 83.5 Å². The van der Waals surface area contributed by atoms with Gasteiger partial charge in [0.15, 0.2) is 0 Å². The van der Waals surface area contributed by atoms with Crippen LogP contribution in [-0.2, 0) is 9.59 Å². The minimum Gasteiger partial charge on any atom is -0.282 e. The Bertz CT molecular complexity index is 284. The van der Waals surface area contributed by atoms with Crippen LogP contribution in [0.5, 0.6) is 0 Å². The Morgan fingerprint density at radius 1 is 1.14 bits per heavy atom. The van der Waals surface area contributed by atoms with Crippen LogP contribution >= 0.6 is 0 Å². The summed E-state index contributed by atoms with van der Waals surface area (Å²) in [5.41, 5.74) is 0. The third-order valence-corrected chi connectivity index (χ3v) is 4.33. The predicted molar refractivity (Wildman–Crippen MR) is 50.2 cm³/mol. The van der Waals surface area contributed by atoms with Gasteiger partial charge in [0.25, 0.3) is 0 Å². The molecule has 1 heterocycles. The van der Waals surface area contributed by atoms with E-state index in [1.54, 1.807) is 0 Å². The molecular weight excluding hydrogens is 178 g/mol. The molecule has 0 radical (unpaired) electrons. The van der Waals surface area contributed by atoms with Crippen molar-refractivity contribution in [3.05, 3.63) is 0 Å². The highest BCUT2D eigenvalue weighted by Crippen LogP contribution is 2.55. The number of imide groups is 1. The number of likely N-dealkylation sites (tertiary alicyclic amines) is 1. The largest absolute Gasteiger partial charge is 0.282 e. The second kappa shape index (κ2) is 2.59. The molecule has 0 aromatic heterocycles. The van der Waals surface area contributed by atoms with Crippen LogP contribution in [-0.4, -0.2) is 23.3 Å². The Morgan fingerprint density at radius 2 is 1.64 bits per heavy atom. The van der Waals surface area contributed by atoms with Gasteiger partial charge in [0.2, 0.25) is 11.8 Å². The second-order valence-corrected chi connectivity index (χ2v) is 4.81. The first-order valence-electron chi connectivity index (χ1n) is 5.59. The summed E-state index contributed by atoms with van der Waals surface area (Å²) in [6.45, 7) is 2.45. The number of hydrogen-bond acceptors (Lipinski definition) is 2. The summed E-state index contributed by atoms with van der Waals surface area (Å²) in [4.78, 5) is 25.3. The fourth-order valence-corrected chi connectivity index (χ4v) is 3.78. The maximum absolute atomic E-state index is 11.9. The number of amides is 2. The third kappa shape index (κ3) is 0.787. The highest BCUT2D eigenvalue weighted by Gasteiger charge is 2.60. The Kier molecular flexibility index (Phi) is 1.56. The van der Waals surface area contributed by atoms with Crippen LogP contribution in [0, 0.1) is 23.7 Å². The van der Waals surface area contributed by atoms with Gasteiger partial charge in [-0.2, -0.15) is 0 Å². The molecule has 2 aliphatic carbocycles. The first-order chi connectivity index (χ1) is 6.74. The molecule has 2 amide bonds. The van der Waals surface area contributed by atoms with Crippen molar-refractivity contribution in [2.45, 2.75) is 26.2 Å². The maximum Gasteiger partial charge on any atom is 0.233 e. The van der Waals surface area contributed by atoms with Gasteiger partial charge >= 0.3 is 0 Å². The van der Waals surface area contributed by atoms with Gasteiger partial charge in [0.1, 0.15) is 0 Å². The summed E-state index contributed by atoms with van der Waals surface area (Å²) in [5, 5.41) is 0. The van der Waals surface area contributed by atoms with E-state index in [2.05, 4.69) is 0 Å². The van der Waals surface area contributed by atoms with E-state index in [-0.39, 0.29) is 23.7 Å². The molecule has 0 aromatic carbocycles. The van der Waals surface area contributed by atoms with Crippen LogP contribution in [0.1, 0.15) is 26.2 Å². The van der Waals surface area contributed by atoms with E-state index in [0.29, 0.717) is 18.4 Å². The SMILES string of the molecule is CCN1C(=O)C2C3CCC(C3)C2C1=O. The van der Waals surface area contributed by atoms with Crippen LogP contribution in [0.25, 0.3) is 0 Å². The maximum atomic E-state index is 11.9. The van der Waals surface area contributed by atoms with E-state index in [9.17, 15) is 9.59 Å². The van der Waals surface area contributed by atoms with Crippen molar-refractivity contribution in [2.75, 3.05) is 6.54 Å². The molecule has 2 bridgehead atoms. The van der Waals surface area contributed by atoms with Crippen molar-refractivity contribution in [1.82, 2.24) is 4.90 Å². The van der Waals surface area contributed by atoms with Crippen LogP contribution in [0.2, 0.25) is 0 Å². The number of rotatable bonds is 1. The summed E-state index contributed by atoms with van der Waals surface area (Å²) in [7, 11) is 0. The molecule has 2 saturated carbocycles. The van der Waals surface area contributed by atoms with E-state index in [1.807, 2.05) is 6.92 Å². The molecule has 0 N–H and O–H groups in total. The third-order valence-electron chi connectivity index (χ3n) is 4.33. The molecule has 0 spiro atoms. The van der Waals surface area contributed by atoms with Crippen molar-refractivity contribution in [3.63, 3.8) is 0 Å². The molecular formula is C11H15NO2. The molecule has 3 aliphatic rings. The number of carbonyl (C=O) groups is 2. The molecule has 14 heavy (non-hydrogen) atoms. The normalized spacial score (nSPS) is 45.1. The van der Waals surface area contributed by atoms with Crippen molar-refractivity contribution in [3.8, 4) is 0 Å². The monoisotopic (exact) mass is 193 g/mol. The molecule has 3 heteroatoms. The average Bonchev–Trinajstić information content (AvgIpc) is 2.80. The van der Waals surface area contributed by atoms with Crippen LogP contribution < -0.4 is 0 Å². The smallest absolute Gasteiger partial charge is 0.233 e. The van der Waals surface area contributed by atoms with E-state index in [4.69, 9.17) is 0 Å². The van der Waals surface area contributed by atoms with E-state index in [1.165, 1.54) is 17.7 Å². The van der Waals surface area contributed by atoms with Gasteiger partial charge in [-0.05, 0) is 38.0 Å². The average molecular weight is 193 g/mol. The molecule has 0 aromatic rings. The first kappa shape index (κ1) is 8.45. The Morgan fingerprint density at radius 3 is 2.07 bits per heavy atom. The van der Waals surface area contributed by atoms with Gasteiger partial charge in [-0.1, -0.05) is 0 Å². The predicted octanol–water partition coefficient (Wildman–Crippen LogP) is 1.04. The molecule has 76 valence electrons. The van der Waals surface area contributed by atoms with Gasteiger partial charge in [0, 0.05) is 6.54 Å². The summed E-state index contributed by atoms with van der Waals surface area (Å²) in [5.74, 6) is 1.43. The zero-order valence-electron chi connectivity index (χ0n) is 8.40. The molecule has 4 unspecified atom stereocenters. The van der Waals surface area contributed by atoms with E-state index < -0.39 is 0 Å². The summed E-state index contributed by atoms with van der Waals surface area (Å²) in [6, 6.07) is 0. The number of fused-ring (bicyclic) bond motifs is 5. The molecule has 3 fully saturated rings. The van der Waals surface area contributed by atoms with Crippen LogP contribution in [0.15, 0.2) is 0 Å². The van der Waals surface area contributed by atoms with Gasteiger partial charge < -0.3 is 0 Å². The number of hydrogen-bond donors (Lipinski definition) is 0. The number of nitrogens with zero attached hydrogens (tertiary/aromatic N) is 1. The van der Waals surface area contributed by atoms with Crippen molar-refractivity contribution in [2.24, 2.45) is 23.7 Å². The zero-order chi connectivity index (χ0) is 9.87. The lowest BCUT2D eigenvalue weighted by atomic mass is 9.81. The summed E-state index contributed by atoms with van der Waals surface area (Å²) < 4.78 is 0. The molecule has 1 aliphatic heterocycles. The fourth-order valence-electron chi connectivity index (χ4n) is 3.78. The quantitative estimate of drug-likeness (QED) is 0.583. The minimum atomic E-state index is 0.0706.